The average molecular weight is 436 g/mol. The van der Waals surface area contributed by atoms with Crippen molar-refractivity contribution in [2.24, 2.45) is 0 Å². The van der Waals surface area contributed by atoms with Crippen LogP contribution in [0.1, 0.15) is 39.0 Å². The molecular formula is C25H33N5O2. The second-order valence-corrected chi connectivity index (χ2v) is 8.57. The molecule has 0 aromatic heterocycles. The van der Waals surface area contributed by atoms with Gasteiger partial charge in [-0.1, -0.05) is 6.92 Å². The number of hydrogen-bond donors (Lipinski definition) is 3. The number of hydrogen-bond acceptors (Lipinski definition) is 4. The maximum atomic E-state index is 12.4. The molecule has 0 saturated carbocycles. The summed E-state index contributed by atoms with van der Waals surface area (Å²) < 4.78 is 0. The molecule has 3 N–H and O–H groups in total. The van der Waals surface area contributed by atoms with Gasteiger partial charge < -0.3 is 25.8 Å². The first kappa shape index (κ1) is 22.0. The van der Waals surface area contributed by atoms with Crippen LogP contribution >= 0.6 is 0 Å². The number of anilines is 4. The molecule has 32 heavy (non-hydrogen) atoms. The predicted molar refractivity (Wildman–Crippen MR) is 131 cm³/mol. The van der Waals surface area contributed by atoms with Gasteiger partial charge in [0.05, 0.1) is 0 Å². The fourth-order valence-corrected chi connectivity index (χ4v) is 4.40. The van der Waals surface area contributed by atoms with E-state index in [2.05, 4.69) is 37.9 Å². The van der Waals surface area contributed by atoms with Crippen molar-refractivity contribution in [3.05, 3.63) is 48.5 Å². The molecular weight excluding hydrogens is 402 g/mol. The Morgan fingerprint density at radius 1 is 0.812 bits per heavy atom. The van der Waals surface area contributed by atoms with Gasteiger partial charge in [0.1, 0.15) is 0 Å². The minimum absolute atomic E-state index is 0.101. The molecule has 2 aliphatic rings. The molecule has 170 valence electrons. The Bertz CT molecular complexity index is 907. The van der Waals surface area contributed by atoms with Crippen LogP contribution in [-0.2, 0) is 4.79 Å². The Hall–Kier alpha value is -3.22. The third kappa shape index (κ3) is 5.72. The Labute approximate surface area is 190 Å². The van der Waals surface area contributed by atoms with Crippen molar-refractivity contribution in [2.75, 3.05) is 46.6 Å². The summed E-state index contributed by atoms with van der Waals surface area (Å²) in [6, 6.07) is 15.8. The van der Waals surface area contributed by atoms with Gasteiger partial charge in [0, 0.05) is 61.4 Å². The summed E-state index contributed by atoms with van der Waals surface area (Å²) in [4.78, 5) is 28.7. The fraction of sp³-hybridized carbons (Fsp3) is 0.440. The van der Waals surface area contributed by atoms with Gasteiger partial charge in [-0.3, -0.25) is 4.79 Å². The van der Waals surface area contributed by atoms with Crippen molar-refractivity contribution < 1.29 is 9.59 Å². The normalized spacial score (nSPS) is 18.3. The van der Waals surface area contributed by atoms with E-state index in [1.54, 1.807) is 0 Å². The van der Waals surface area contributed by atoms with Gasteiger partial charge in [-0.05, 0) is 74.2 Å². The van der Waals surface area contributed by atoms with Crippen molar-refractivity contribution in [1.29, 1.82) is 0 Å². The SMILES string of the molecule is CCC(=O)NC1CCN(c2ccc(NC(=O)Nc3ccc(N4CCCCC4)cc3)cc2)C1. The molecule has 4 rings (SSSR count). The van der Waals surface area contributed by atoms with Crippen LogP contribution in [0.25, 0.3) is 0 Å². The van der Waals surface area contributed by atoms with Gasteiger partial charge in [0.25, 0.3) is 0 Å². The van der Waals surface area contributed by atoms with Gasteiger partial charge in [0.2, 0.25) is 5.91 Å². The molecule has 0 radical (unpaired) electrons. The molecule has 7 nitrogen and oxygen atoms in total. The quantitative estimate of drug-likeness (QED) is 0.628. The van der Waals surface area contributed by atoms with Crippen LogP contribution < -0.4 is 25.8 Å². The number of urea groups is 1. The van der Waals surface area contributed by atoms with Gasteiger partial charge in [-0.25, -0.2) is 4.79 Å². The fourth-order valence-electron chi connectivity index (χ4n) is 4.40. The molecule has 2 aromatic rings. The summed E-state index contributed by atoms with van der Waals surface area (Å²) in [5, 5.41) is 8.86. The van der Waals surface area contributed by atoms with Crippen LogP contribution in [0.15, 0.2) is 48.5 Å². The summed E-state index contributed by atoms with van der Waals surface area (Å²) in [7, 11) is 0. The van der Waals surface area contributed by atoms with Crippen LogP contribution in [-0.4, -0.2) is 44.2 Å². The van der Waals surface area contributed by atoms with E-state index in [0.29, 0.717) is 6.42 Å². The second-order valence-electron chi connectivity index (χ2n) is 8.57. The highest BCUT2D eigenvalue weighted by Crippen LogP contribution is 2.24. The van der Waals surface area contributed by atoms with Crippen LogP contribution in [0, 0.1) is 0 Å². The first-order valence-electron chi connectivity index (χ1n) is 11.7. The molecule has 0 spiro atoms. The van der Waals surface area contributed by atoms with Crippen molar-refractivity contribution in [3.8, 4) is 0 Å². The minimum Gasteiger partial charge on any atom is -0.372 e. The van der Waals surface area contributed by atoms with E-state index < -0.39 is 0 Å². The Morgan fingerprint density at radius 3 is 1.94 bits per heavy atom. The first-order valence-corrected chi connectivity index (χ1v) is 11.7. The van der Waals surface area contributed by atoms with Crippen molar-refractivity contribution >= 4 is 34.7 Å². The molecule has 2 fully saturated rings. The largest absolute Gasteiger partial charge is 0.372 e. The molecule has 2 aromatic carbocycles. The number of rotatable bonds is 6. The first-order chi connectivity index (χ1) is 15.6. The standard InChI is InChI=1S/C25H33N5O2/c1-2-24(31)26-21-14-17-30(18-21)23-12-8-20(9-13-23)28-25(32)27-19-6-10-22(11-7-19)29-15-4-3-5-16-29/h6-13,21H,2-5,14-18H2,1H3,(H,26,31)(H2,27,28,32). The average Bonchev–Trinajstić information content (AvgIpc) is 3.29. The van der Waals surface area contributed by atoms with E-state index in [0.717, 1.165) is 49.7 Å². The van der Waals surface area contributed by atoms with Crippen molar-refractivity contribution in [1.82, 2.24) is 5.32 Å². The van der Waals surface area contributed by atoms with Crippen LogP contribution in [0.3, 0.4) is 0 Å². The van der Waals surface area contributed by atoms with Gasteiger partial charge >= 0.3 is 6.03 Å². The Morgan fingerprint density at radius 2 is 1.38 bits per heavy atom. The van der Waals surface area contributed by atoms with Crippen LogP contribution in [0.2, 0.25) is 0 Å². The number of amides is 3. The van der Waals surface area contributed by atoms with Crippen molar-refractivity contribution in [3.63, 3.8) is 0 Å². The topological polar surface area (TPSA) is 76.7 Å². The number of carbonyl (C=O) groups excluding carboxylic acids is 2. The number of benzene rings is 2. The lowest BCUT2D eigenvalue weighted by Gasteiger charge is -2.28. The Kier molecular flexibility index (Phi) is 7.14. The van der Waals surface area contributed by atoms with Gasteiger partial charge in [-0.2, -0.15) is 0 Å². The zero-order chi connectivity index (χ0) is 22.3. The lowest BCUT2D eigenvalue weighted by Crippen LogP contribution is -2.36. The summed E-state index contributed by atoms with van der Waals surface area (Å²) in [6.45, 7) is 5.81. The zero-order valence-corrected chi connectivity index (χ0v) is 18.8. The highest BCUT2D eigenvalue weighted by molar-refractivity contribution is 5.99. The number of nitrogens with zero attached hydrogens (tertiary/aromatic N) is 2. The summed E-state index contributed by atoms with van der Waals surface area (Å²) in [6.07, 6.45) is 5.27. The van der Waals surface area contributed by atoms with E-state index in [-0.39, 0.29) is 18.0 Å². The van der Waals surface area contributed by atoms with Crippen LogP contribution in [0.5, 0.6) is 0 Å². The molecule has 0 bridgehead atoms. The molecule has 2 saturated heterocycles. The molecule has 3 amide bonds. The van der Waals surface area contributed by atoms with Crippen LogP contribution in [0.4, 0.5) is 27.5 Å². The van der Waals surface area contributed by atoms with E-state index >= 15 is 0 Å². The third-order valence-corrected chi connectivity index (χ3v) is 6.21. The molecule has 0 aliphatic carbocycles. The van der Waals surface area contributed by atoms with Crippen molar-refractivity contribution in [2.45, 2.75) is 45.1 Å². The van der Waals surface area contributed by atoms with E-state index in [1.165, 1.54) is 24.9 Å². The maximum Gasteiger partial charge on any atom is 0.323 e. The van der Waals surface area contributed by atoms with Gasteiger partial charge in [0.15, 0.2) is 0 Å². The predicted octanol–water partition coefficient (Wildman–Crippen LogP) is 4.43. The van der Waals surface area contributed by atoms with E-state index in [9.17, 15) is 9.59 Å². The second kappa shape index (κ2) is 10.4. The molecule has 7 heteroatoms. The smallest absolute Gasteiger partial charge is 0.323 e. The monoisotopic (exact) mass is 435 g/mol. The van der Waals surface area contributed by atoms with Gasteiger partial charge in [-0.15, -0.1) is 0 Å². The lowest BCUT2D eigenvalue weighted by molar-refractivity contribution is -0.121. The third-order valence-electron chi connectivity index (χ3n) is 6.21. The zero-order valence-electron chi connectivity index (χ0n) is 18.8. The lowest BCUT2D eigenvalue weighted by atomic mass is 10.1. The summed E-state index contributed by atoms with van der Waals surface area (Å²) in [5.74, 6) is 0.101. The minimum atomic E-state index is -0.257. The summed E-state index contributed by atoms with van der Waals surface area (Å²) >= 11 is 0. The molecule has 2 aliphatic heterocycles. The Balaban J connectivity index is 1.26. The maximum absolute atomic E-state index is 12.4. The number of nitrogens with one attached hydrogen (secondary N) is 3. The molecule has 2 heterocycles. The highest BCUT2D eigenvalue weighted by atomic mass is 16.2. The number of piperidine rings is 1. The molecule has 1 unspecified atom stereocenters. The molecule has 1 atom stereocenters. The van der Waals surface area contributed by atoms with E-state index in [4.69, 9.17) is 0 Å². The van der Waals surface area contributed by atoms with E-state index in [1.807, 2.05) is 43.3 Å². The summed E-state index contributed by atoms with van der Waals surface area (Å²) in [5.41, 5.74) is 3.82. The highest BCUT2D eigenvalue weighted by Gasteiger charge is 2.23. The number of carbonyl (C=O) groups is 2.